The zero-order valence-electron chi connectivity index (χ0n) is 11.4. The smallest absolute Gasteiger partial charge is 0.0931 e. The molecule has 2 aromatic heterocycles. The van der Waals surface area contributed by atoms with E-state index in [0.29, 0.717) is 0 Å². The number of thiophene rings is 1. The summed E-state index contributed by atoms with van der Waals surface area (Å²) in [6, 6.07) is 6.34. The van der Waals surface area contributed by atoms with Gasteiger partial charge < -0.3 is 5.32 Å². The summed E-state index contributed by atoms with van der Waals surface area (Å²) < 4.78 is 2.92. The molecule has 3 nitrogen and oxygen atoms in total. The summed E-state index contributed by atoms with van der Waals surface area (Å²) in [6.07, 6.45) is 4.07. The van der Waals surface area contributed by atoms with Crippen molar-refractivity contribution in [3.05, 3.63) is 39.3 Å². The summed E-state index contributed by atoms with van der Waals surface area (Å²) in [5, 5.41) is 8.01. The van der Waals surface area contributed by atoms with Gasteiger partial charge in [-0.25, -0.2) is 0 Å². The number of aromatic nitrogens is 2. The van der Waals surface area contributed by atoms with Gasteiger partial charge in [-0.2, -0.15) is 5.10 Å². The summed E-state index contributed by atoms with van der Waals surface area (Å²) in [6.45, 7) is 6.28. The second kappa shape index (κ2) is 7.08. The van der Waals surface area contributed by atoms with E-state index in [0.717, 1.165) is 30.3 Å². The van der Waals surface area contributed by atoms with E-state index in [1.54, 1.807) is 11.3 Å². The molecule has 1 N–H and O–H groups in total. The van der Waals surface area contributed by atoms with Gasteiger partial charge in [0.25, 0.3) is 0 Å². The molecular formula is C14H20ClN3S. The molecule has 0 bridgehead atoms. The topological polar surface area (TPSA) is 29.9 Å². The highest BCUT2D eigenvalue weighted by Crippen LogP contribution is 2.31. The molecule has 0 radical (unpaired) electrons. The molecule has 0 amide bonds. The lowest BCUT2D eigenvalue weighted by atomic mass is 10.1. The minimum atomic E-state index is 0.187. The molecule has 0 saturated heterocycles. The van der Waals surface area contributed by atoms with Crippen LogP contribution in [0.2, 0.25) is 4.34 Å². The number of rotatable bonds is 7. The molecular weight excluding hydrogens is 278 g/mol. The Kier molecular flexibility index (Phi) is 5.43. The van der Waals surface area contributed by atoms with Crippen LogP contribution in [0.5, 0.6) is 0 Å². The van der Waals surface area contributed by atoms with E-state index in [2.05, 4.69) is 41.1 Å². The third-order valence-electron chi connectivity index (χ3n) is 2.96. The lowest BCUT2D eigenvalue weighted by Crippen LogP contribution is -2.25. The molecule has 0 aromatic carbocycles. The number of hydrogen-bond acceptors (Lipinski definition) is 3. The van der Waals surface area contributed by atoms with Crippen LogP contribution in [0.3, 0.4) is 0 Å². The molecule has 1 unspecified atom stereocenters. The highest BCUT2D eigenvalue weighted by molar-refractivity contribution is 7.16. The molecule has 0 aliphatic rings. The first kappa shape index (κ1) is 14.6. The molecule has 1 atom stereocenters. The molecule has 5 heteroatoms. The second-order valence-corrected chi connectivity index (χ2v) is 6.25. The van der Waals surface area contributed by atoms with Gasteiger partial charge in [0.15, 0.2) is 0 Å². The third-order valence-corrected chi connectivity index (χ3v) is 4.25. The fourth-order valence-corrected chi connectivity index (χ4v) is 3.26. The van der Waals surface area contributed by atoms with Gasteiger partial charge in [-0.1, -0.05) is 25.4 Å². The minimum Gasteiger partial charge on any atom is -0.304 e. The van der Waals surface area contributed by atoms with Crippen LogP contribution in [0.1, 0.15) is 43.3 Å². The Bertz CT molecular complexity index is 506. The van der Waals surface area contributed by atoms with Crippen molar-refractivity contribution >= 4 is 22.9 Å². The third kappa shape index (κ3) is 3.59. The Hall–Kier alpha value is -0.840. The Morgan fingerprint density at radius 1 is 1.32 bits per heavy atom. The first-order valence-corrected chi connectivity index (χ1v) is 7.96. The zero-order chi connectivity index (χ0) is 13.7. The zero-order valence-corrected chi connectivity index (χ0v) is 13.0. The van der Waals surface area contributed by atoms with Gasteiger partial charge in [-0.15, -0.1) is 11.3 Å². The molecule has 0 aliphatic carbocycles. The van der Waals surface area contributed by atoms with Gasteiger partial charge in [0.1, 0.15) is 0 Å². The van der Waals surface area contributed by atoms with Crippen molar-refractivity contribution in [3.63, 3.8) is 0 Å². The average Bonchev–Trinajstić information content (AvgIpc) is 3.01. The Labute approximate surface area is 123 Å². The Morgan fingerprint density at radius 3 is 2.79 bits per heavy atom. The van der Waals surface area contributed by atoms with Crippen LogP contribution in [0.25, 0.3) is 0 Å². The maximum absolute atomic E-state index is 6.07. The van der Waals surface area contributed by atoms with Crippen LogP contribution in [-0.4, -0.2) is 16.3 Å². The Morgan fingerprint density at radius 2 is 2.16 bits per heavy atom. The van der Waals surface area contributed by atoms with Crippen molar-refractivity contribution in [2.45, 2.75) is 39.3 Å². The molecule has 0 aliphatic heterocycles. The first-order chi connectivity index (χ1) is 9.26. The highest BCUT2D eigenvalue weighted by atomic mass is 35.5. The van der Waals surface area contributed by atoms with Crippen molar-refractivity contribution in [1.29, 1.82) is 0 Å². The van der Waals surface area contributed by atoms with Crippen molar-refractivity contribution in [2.75, 3.05) is 6.54 Å². The SMILES string of the molecule is CCCNC(c1ccc(Cl)s1)c1ccnn1CCC. The van der Waals surface area contributed by atoms with E-state index in [1.807, 2.05) is 12.3 Å². The van der Waals surface area contributed by atoms with Gasteiger partial charge in [-0.3, -0.25) is 4.68 Å². The lowest BCUT2D eigenvalue weighted by Gasteiger charge is -2.18. The van der Waals surface area contributed by atoms with E-state index < -0.39 is 0 Å². The van der Waals surface area contributed by atoms with E-state index in [1.165, 1.54) is 10.6 Å². The second-order valence-electron chi connectivity index (χ2n) is 4.51. The van der Waals surface area contributed by atoms with Crippen LogP contribution >= 0.6 is 22.9 Å². The maximum atomic E-state index is 6.07. The van der Waals surface area contributed by atoms with E-state index in [9.17, 15) is 0 Å². The molecule has 104 valence electrons. The number of halogens is 1. The molecule has 0 fully saturated rings. The summed E-state index contributed by atoms with van der Waals surface area (Å²) in [5.74, 6) is 0. The van der Waals surface area contributed by atoms with Gasteiger partial charge in [0.05, 0.1) is 16.1 Å². The fourth-order valence-electron chi connectivity index (χ4n) is 2.11. The van der Waals surface area contributed by atoms with Crippen molar-refractivity contribution in [1.82, 2.24) is 15.1 Å². The summed E-state index contributed by atoms with van der Waals surface area (Å²) in [7, 11) is 0. The highest BCUT2D eigenvalue weighted by Gasteiger charge is 2.19. The predicted molar refractivity (Wildman–Crippen MR) is 82.0 cm³/mol. The van der Waals surface area contributed by atoms with Crippen LogP contribution in [-0.2, 0) is 6.54 Å². The molecule has 2 heterocycles. The van der Waals surface area contributed by atoms with Gasteiger partial charge in [0.2, 0.25) is 0 Å². The summed E-state index contributed by atoms with van der Waals surface area (Å²) in [5.41, 5.74) is 1.22. The van der Waals surface area contributed by atoms with E-state index in [4.69, 9.17) is 11.6 Å². The van der Waals surface area contributed by atoms with Crippen LogP contribution < -0.4 is 5.32 Å². The summed E-state index contributed by atoms with van der Waals surface area (Å²) in [4.78, 5) is 1.25. The molecule has 2 aromatic rings. The van der Waals surface area contributed by atoms with Crippen LogP contribution in [0.15, 0.2) is 24.4 Å². The normalized spacial score (nSPS) is 12.8. The molecule has 19 heavy (non-hydrogen) atoms. The summed E-state index contributed by atoms with van der Waals surface area (Å²) >= 11 is 7.70. The van der Waals surface area contributed by atoms with Crippen molar-refractivity contribution in [3.8, 4) is 0 Å². The van der Waals surface area contributed by atoms with Gasteiger partial charge >= 0.3 is 0 Å². The molecule has 0 saturated carbocycles. The van der Waals surface area contributed by atoms with E-state index >= 15 is 0 Å². The predicted octanol–water partition coefficient (Wildman–Crippen LogP) is 4.10. The van der Waals surface area contributed by atoms with Crippen LogP contribution in [0, 0.1) is 0 Å². The van der Waals surface area contributed by atoms with Crippen LogP contribution in [0.4, 0.5) is 0 Å². The monoisotopic (exact) mass is 297 g/mol. The quantitative estimate of drug-likeness (QED) is 0.834. The van der Waals surface area contributed by atoms with Gasteiger partial charge in [0, 0.05) is 17.6 Å². The number of aryl methyl sites for hydroxylation is 1. The molecule has 2 rings (SSSR count). The number of nitrogens with one attached hydrogen (secondary N) is 1. The maximum Gasteiger partial charge on any atom is 0.0931 e. The van der Waals surface area contributed by atoms with Gasteiger partial charge in [-0.05, 0) is 37.6 Å². The van der Waals surface area contributed by atoms with Crippen molar-refractivity contribution in [2.24, 2.45) is 0 Å². The standard InChI is InChI=1S/C14H20ClN3S/c1-3-8-16-14(12-5-6-13(15)19-12)11-7-9-17-18(11)10-4-2/h5-7,9,14,16H,3-4,8,10H2,1-2H3. The largest absolute Gasteiger partial charge is 0.304 e. The fraction of sp³-hybridized carbons (Fsp3) is 0.500. The number of nitrogens with zero attached hydrogens (tertiary/aromatic N) is 2. The average molecular weight is 298 g/mol. The van der Waals surface area contributed by atoms with Crippen molar-refractivity contribution < 1.29 is 0 Å². The first-order valence-electron chi connectivity index (χ1n) is 6.76. The molecule has 0 spiro atoms. The number of hydrogen-bond donors (Lipinski definition) is 1. The minimum absolute atomic E-state index is 0.187. The van der Waals surface area contributed by atoms with E-state index in [-0.39, 0.29) is 6.04 Å². The lowest BCUT2D eigenvalue weighted by molar-refractivity contribution is 0.515. The Balaban J connectivity index is 2.28.